The first-order valence-electron chi connectivity index (χ1n) is 6.24. The lowest BCUT2D eigenvalue weighted by Crippen LogP contribution is -2.45. The first-order valence-corrected chi connectivity index (χ1v) is 6.24. The molecular formula is C14H20N2O3. The van der Waals surface area contributed by atoms with Crippen LogP contribution in [0.25, 0.3) is 0 Å². The number of carbonyl (C=O) groups excluding carboxylic acids is 1. The van der Waals surface area contributed by atoms with Crippen LogP contribution in [0.4, 0.5) is 0 Å². The van der Waals surface area contributed by atoms with Crippen LogP contribution in [-0.4, -0.2) is 29.6 Å². The zero-order valence-electron chi connectivity index (χ0n) is 11.2. The molecule has 104 valence electrons. The van der Waals surface area contributed by atoms with E-state index in [4.69, 9.17) is 5.73 Å². The normalized spacial score (nSPS) is 13.9. The third-order valence-corrected chi connectivity index (χ3v) is 3.00. The van der Waals surface area contributed by atoms with Crippen molar-refractivity contribution in [2.45, 2.75) is 25.8 Å². The van der Waals surface area contributed by atoms with E-state index < -0.39 is 17.9 Å². The summed E-state index contributed by atoms with van der Waals surface area (Å²) in [4.78, 5) is 22.9. The Labute approximate surface area is 112 Å². The van der Waals surface area contributed by atoms with Crippen molar-refractivity contribution in [3.63, 3.8) is 0 Å². The van der Waals surface area contributed by atoms with E-state index in [1.165, 1.54) is 0 Å². The quantitative estimate of drug-likeness (QED) is 0.713. The van der Waals surface area contributed by atoms with Gasteiger partial charge < -0.3 is 16.2 Å². The maximum Gasteiger partial charge on any atom is 0.312 e. The Kier molecular flexibility index (Phi) is 5.51. The van der Waals surface area contributed by atoms with Gasteiger partial charge in [-0.15, -0.1) is 0 Å². The first-order chi connectivity index (χ1) is 8.93. The average Bonchev–Trinajstić information content (AvgIpc) is 2.38. The molecule has 0 heterocycles. The minimum absolute atomic E-state index is 0.0139. The fourth-order valence-corrected chi connectivity index (χ4v) is 1.66. The van der Waals surface area contributed by atoms with Crippen LogP contribution in [0, 0.1) is 5.92 Å². The molecule has 1 aromatic carbocycles. The summed E-state index contributed by atoms with van der Waals surface area (Å²) in [5.74, 6) is -2.04. The van der Waals surface area contributed by atoms with Gasteiger partial charge in [-0.2, -0.15) is 0 Å². The topological polar surface area (TPSA) is 92.4 Å². The molecule has 0 saturated heterocycles. The van der Waals surface area contributed by atoms with Gasteiger partial charge in [0, 0.05) is 6.54 Å². The Morgan fingerprint density at radius 1 is 1.26 bits per heavy atom. The summed E-state index contributed by atoms with van der Waals surface area (Å²) in [7, 11) is 0. The predicted molar refractivity (Wildman–Crippen MR) is 72.6 cm³/mol. The number of rotatable bonds is 6. The van der Waals surface area contributed by atoms with E-state index in [2.05, 4.69) is 5.32 Å². The summed E-state index contributed by atoms with van der Waals surface area (Å²) < 4.78 is 0. The Balaban J connectivity index is 2.67. The average molecular weight is 264 g/mol. The van der Waals surface area contributed by atoms with Crippen LogP contribution in [0.2, 0.25) is 0 Å². The number of carboxylic acids is 1. The van der Waals surface area contributed by atoms with Crippen LogP contribution >= 0.6 is 0 Å². The highest BCUT2D eigenvalue weighted by Crippen LogP contribution is 2.14. The zero-order chi connectivity index (χ0) is 14.4. The molecule has 0 aliphatic carbocycles. The van der Waals surface area contributed by atoms with Crippen molar-refractivity contribution in [3.05, 3.63) is 35.9 Å². The molecule has 1 amide bonds. The maximum absolute atomic E-state index is 11.7. The SMILES string of the molecule is CC(C)[C@H](N)C(=O)NCC(C(=O)O)c1ccccc1. The third kappa shape index (κ3) is 4.37. The molecule has 0 aliphatic heterocycles. The van der Waals surface area contributed by atoms with Crippen molar-refractivity contribution < 1.29 is 14.7 Å². The molecule has 0 spiro atoms. The summed E-state index contributed by atoms with van der Waals surface area (Å²) in [6, 6.07) is 8.20. The lowest BCUT2D eigenvalue weighted by atomic mass is 9.98. The summed E-state index contributed by atoms with van der Waals surface area (Å²) in [5.41, 5.74) is 6.36. The van der Waals surface area contributed by atoms with Crippen molar-refractivity contribution in [2.24, 2.45) is 11.7 Å². The minimum atomic E-state index is -0.968. The van der Waals surface area contributed by atoms with Gasteiger partial charge in [-0.3, -0.25) is 9.59 Å². The van der Waals surface area contributed by atoms with Gasteiger partial charge in [0.2, 0.25) is 5.91 Å². The highest BCUT2D eigenvalue weighted by molar-refractivity contribution is 5.83. The summed E-state index contributed by atoms with van der Waals surface area (Å²) in [5, 5.41) is 11.8. The molecule has 0 bridgehead atoms. The second kappa shape index (κ2) is 6.89. The predicted octanol–water partition coefficient (Wildman–Crippen LogP) is 0.954. The van der Waals surface area contributed by atoms with E-state index in [1.54, 1.807) is 24.3 Å². The number of carbonyl (C=O) groups is 2. The number of aliphatic carboxylic acids is 1. The maximum atomic E-state index is 11.7. The number of hydrogen-bond donors (Lipinski definition) is 3. The zero-order valence-corrected chi connectivity index (χ0v) is 11.2. The van der Waals surface area contributed by atoms with Crippen LogP contribution in [0.3, 0.4) is 0 Å². The van der Waals surface area contributed by atoms with Crippen LogP contribution in [0.15, 0.2) is 30.3 Å². The Hall–Kier alpha value is -1.88. The molecule has 4 N–H and O–H groups in total. The first kappa shape index (κ1) is 15.2. The van der Waals surface area contributed by atoms with E-state index in [-0.39, 0.29) is 18.4 Å². The third-order valence-electron chi connectivity index (χ3n) is 3.00. The monoisotopic (exact) mass is 264 g/mol. The Morgan fingerprint density at radius 3 is 2.32 bits per heavy atom. The van der Waals surface area contributed by atoms with E-state index in [0.29, 0.717) is 5.56 Å². The number of amides is 1. The van der Waals surface area contributed by atoms with Crippen LogP contribution in [-0.2, 0) is 9.59 Å². The van der Waals surface area contributed by atoms with Gasteiger partial charge in [-0.05, 0) is 11.5 Å². The molecule has 0 radical (unpaired) electrons. The minimum Gasteiger partial charge on any atom is -0.481 e. The van der Waals surface area contributed by atoms with Crippen molar-refractivity contribution in [3.8, 4) is 0 Å². The van der Waals surface area contributed by atoms with Crippen molar-refractivity contribution >= 4 is 11.9 Å². The van der Waals surface area contributed by atoms with Crippen LogP contribution in [0.1, 0.15) is 25.3 Å². The largest absolute Gasteiger partial charge is 0.481 e. The molecule has 1 unspecified atom stereocenters. The molecule has 0 aromatic heterocycles. The number of hydrogen-bond acceptors (Lipinski definition) is 3. The fourth-order valence-electron chi connectivity index (χ4n) is 1.66. The van der Waals surface area contributed by atoms with Crippen molar-refractivity contribution in [1.82, 2.24) is 5.32 Å². The van der Waals surface area contributed by atoms with Crippen LogP contribution < -0.4 is 11.1 Å². The van der Waals surface area contributed by atoms with E-state index in [9.17, 15) is 14.7 Å². The van der Waals surface area contributed by atoms with E-state index in [1.807, 2.05) is 19.9 Å². The molecule has 0 saturated carbocycles. The second-order valence-corrected chi connectivity index (χ2v) is 4.82. The lowest BCUT2D eigenvalue weighted by molar-refractivity contribution is -0.138. The standard InChI is InChI=1S/C14H20N2O3/c1-9(2)12(15)13(17)16-8-11(14(18)19)10-6-4-3-5-7-10/h3-7,9,11-12H,8,15H2,1-2H3,(H,16,17)(H,18,19)/t11?,12-/m0/s1. The van der Waals surface area contributed by atoms with Gasteiger partial charge in [-0.1, -0.05) is 44.2 Å². The number of benzene rings is 1. The van der Waals surface area contributed by atoms with Crippen LogP contribution in [0.5, 0.6) is 0 Å². The molecule has 19 heavy (non-hydrogen) atoms. The smallest absolute Gasteiger partial charge is 0.312 e. The Bertz CT molecular complexity index is 432. The van der Waals surface area contributed by atoms with Gasteiger partial charge in [0.25, 0.3) is 0 Å². The molecule has 0 fully saturated rings. The highest BCUT2D eigenvalue weighted by Gasteiger charge is 2.23. The summed E-state index contributed by atoms with van der Waals surface area (Å²) >= 11 is 0. The molecule has 5 heteroatoms. The van der Waals surface area contributed by atoms with Gasteiger partial charge in [0.15, 0.2) is 0 Å². The second-order valence-electron chi connectivity index (χ2n) is 4.82. The van der Waals surface area contributed by atoms with Crippen molar-refractivity contribution in [1.29, 1.82) is 0 Å². The van der Waals surface area contributed by atoms with Gasteiger partial charge in [0.05, 0.1) is 12.0 Å². The van der Waals surface area contributed by atoms with E-state index in [0.717, 1.165) is 0 Å². The summed E-state index contributed by atoms with van der Waals surface area (Å²) in [6.07, 6.45) is 0. The molecule has 0 aliphatic rings. The number of nitrogens with one attached hydrogen (secondary N) is 1. The Morgan fingerprint density at radius 2 is 1.84 bits per heavy atom. The molecule has 5 nitrogen and oxygen atoms in total. The van der Waals surface area contributed by atoms with Gasteiger partial charge >= 0.3 is 5.97 Å². The number of nitrogens with two attached hydrogens (primary N) is 1. The molecule has 2 atom stereocenters. The highest BCUT2D eigenvalue weighted by atomic mass is 16.4. The lowest BCUT2D eigenvalue weighted by Gasteiger charge is -2.18. The molecular weight excluding hydrogens is 244 g/mol. The molecule has 1 rings (SSSR count). The fraction of sp³-hybridized carbons (Fsp3) is 0.429. The summed E-state index contributed by atoms with van der Waals surface area (Å²) in [6.45, 7) is 3.73. The van der Waals surface area contributed by atoms with E-state index >= 15 is 0 Å². The van der Waals surface area contributed by atoms with Crippen molar-refractivity contribution in [2.75, 3.05) is 6.54 Å². The van der Waals surface area contributed by atoms with Gasteiger partial charge in [-0.25, -0.2) is 0 Å². The number of carboxylic acid groups (broad SMARTS) is 1. The van der Waals surface area contributed by atoms with Gasteiger partial charge in [0.1, 0.15) is 0 Å². The molecule has 1 aromatic rings.